The van der Waals surface area contributed by atoms with Gasteiger partial charge in [-0.3, -0.25) is 9.78 Å². The second kappa shape index (κ2) is 5.23. The molecule has 0 fully saturated rings. The zero-order chi connectivity index (χ0) is 15.7. The van der Waals surface area contributed by atoms with E-state index >= 15 is 0 Å². The van der Waals surface area contributed by atoms with E-state index in [-0.39, 0.29) is 5.56 Å². The summed E-state index contributed by atoms with van der Waals surface area (Å²) in [5, 5.41) is 10.7. The van der Waals surface area contributed by atoms with E-state index in [2.05, 4.69) is 9.97 Å². The zero-order valence-electron chi connectivity index (χ0n) is 12.2. The maximum absolute atomic E-state index is 11.4. The van der Waals surface area contributed by atoms with Gasteiger partial charge < -0.3 is 14.1 Å². The van der Waals surface area contributed by atoms with Crippen molar-refractivity contribution in [2.45, 2.75) is 12.5 Å². The van der Waals surface area contributed by atoms with E-state index in [1.165, 1.54) is 16.8 Å². The number of aryl methyl sites for hydroxylation is 1. The Bertz CT molecular complexity index is 850. The van der Waals surface area contributed by atoms with Crippen molar-refractivity contribution in [3.05, 3.63) is 70.7 Å². The molecule has 0 aromatic carbocycles. The molecular formula is C16H15N3O3. The highest BCUT2D eigenvalue weighted by Crippen LogP contribution is 2.31. The van der Waals surface area contributed by atoms with Gasteiger partial charge in [0.1, 0.15) is 5.60 Å². The minimum atomic E-state index is -1.31. The van der Waals surface area contributed by atoms with Crippen molar-refractivity contribution in [2.75, 3.05) is 0 Å². The van der Waals surface area contributed by atoms with Crippen LogP contribution in [0.5, 0.6) is 0 Å². The highest BCUT2D eigenvalue weighted by molar-refractivity contribution is 5.51. The summed E-state index contributed by atoms with van der Waals surface area (Å²) in [4.78, 5) is 19.5. The number of nitrogens with zero attached hydrogens (tertiary/aromatic N) is 3. The molecule has 0 bridgehead atoms. The van der Waals surface area contributed by atoms with Gasteiger partial charge in [0.25, 0.3) is 0 Å². The molecule has 6 nitrogen and oxygen atoms in total. The summed E-state index contributed by atoms with van der Waals surface area (Å²) in [6.07, 6.45) is 6.34. The fourth-order valence-electron chi connectivity index (χ4n) is 2.17. The second-order valence-corrected chi connectivity index (χ2v) is 5.20. The molecule has 0 saturated heterocycles. The Labute approximate surface area is 126 Å². The Balaban J connectivity index is 2.00. The summed E-state index contributed by atoms with van der Waals surface area (Å²) in [6.45, 7) is 1.63. The van der Waals surface area contributed by atoms with Crippen LogP contribution in [0.2, 0.25) is 0 Å². The average Bonchev–Trinajstić information content (AvgIpc) is 3.01. The van der Waals surface area contributed by atoms with E-state index in [1.807, 2.05) is 0 Å². The standard InChI is InChI=1S/C16H15N3O3/c1-16(21,12-5-7-17-8-6-12)13-9-18-15(22-13)11-3-4-14(20)19(2)10-11/h3-10,21H,1-2H3. The Hall–Kier alpha value is -2.73. The third-order valence-electron chi connectivity index (χ3n) is 3.56. The van der Waals surface area contributed by atoms with Gasteiger partial charge in [0.2, 0.25) is 11.4 Å². The van der Waals surface area contributed by atoms with Gasteiger partial charge in [-0.25, -0.2) is 4.98 Å². The maximum Gasteiger partial charge on any atom is 0.250 e. The smallest absolute Gasteiger partial charge is 0.250 e. The molecule has 112 valence electrons. The van der Waals surface area contributed by atoms with E-state index in [0.29, 0.717) is 22.8 Å². The number of pyridine rings is 2. The molecule has 1 unspecified atom stereocenters. The van der Waals surface area contributed by atoms with E-state index < -0.39 is 5.60 Å². The Morgan fingerprint density at radius 2 is 1.95 bits per heavy atom. The normalized spacial score (nSPS) is 13.8. The third-order valence-corrected chi connectivity index (χ3v) is 3.56. The lowest BCUT2D eigenvalue weighted by molar-refractivity contribution is 0.0774. The van der Waals surface area contributed by atoms with Crippen molar-refractivity contribution in [3.63, 3.8) is 0 Å². The lowest BCUT2D eigenvalue weighted by Crippen LogP contribution is -2.21. The molecule has 1 atom stereocenters. The Kier molecular flexibility index (Phi) is 3.38. The minimum absolute atomic E-state index is 0.112. The average molecular weight is 297 g/mol. The van der Waals surface area contributed by atoms with Crippen molar-refractivity contribution >= 4 is 0 Å². The van der Waals surface area contributed by atoms with Gasteiger partial charge in [0.05, 0.1) is 11.8 Å². The molecule has 22 heavy (non-hydrogen) atoms. The van der Waals surface area contributed by atoms with Crippen molar-refractivity contribution in [1.82, 2.24) is 14.5 Å². The number of aromatic nitrogens is 3. The van der Waals surface area contributed by atoms with E-state index in [1.54, 1.807) is 50.8 Å². The Morgan fingerprint density at radius 1 is 1.23 bits per heavy atom. The van der Waals surface area contributed by atoms with Gasteiger partial charge in [-0.05, 0) is 30.7 Å². The molecule has 0 aliphatic heterocycles. The van der Waals surface area contributed by atoms with Gasteiger partial charge in [-0.2, -0.15) is 0 Å². The van der Waals surface area contributed by atoms with Crippen molar-refractivity contribution in [1.29, 1.82) is 0 Å². The number of hydrogen-bond donors (Lipinski definition) is 1. The van der Waals surface area contributed by atoms with Crippen molar-refractivity contribution in [3.8, 4) is 11.5 Å². The molecule has 0 spiro atoms. The van der Waals surface area contributed by atoms with Crippen LogP contribution in [0.4, 0.5) is 0 Å². The molecule has 0 amide bonds. The lowest BCUT2D eigenvalue weighted by Gasteiger charge is -2.20. The molecule has 3 rings (SSSR count). The first kappa shape index (κ1) is 14.2. The first-order chi connectivity index (χ1) is 10.5. The van der Waals surface area contributed by atoms with Gasteiger partial charge in [-0.1, -0.05) is 0 Å². The maximum atomic E-state index is 11.4. The second-order valence-electron chi connectivity index (χ2n) is 5.20. The van der Waals surface area contributed by atoms with E-state index in [4.69, 9.17) is 4.42 Å². The number of hydrogen-bond acceptors (Lipinski definition) is 5. The van der Waals surface area contributed by atoms with Gasteiger partial charge >= 0.3 is 0 Å². The predicted molar refractivity (Wildman–Crippen MR) is 80.1 cm³/mol. The summed E-state index contributed by atoms with van der Waals surface area (Å²) in [5.41, 5.74) is -0.0988. The highest BCUT2D eigenvalue weighted by Gasteiger charge is 2.30. The van der Waals surface area contributed by atoms with Crippen LogP contribution in [-0.4, -0.2) is 19.6 Å². The molecular weight excluding hydrogens is 282 g/mol. The van der Waals surface area contributed by atoms with Gasteiger partial charge in [0, 0.05) is 31.7 Å². The molecule has 3 aromatic rings. The molecule has 0 radical (unpaired) electrons. The number of oxazole rings is 1. The van der Waals surface area contributed by atoms with Crippen LogP contribution in [-0.2, 0) is 12.6 Å². The largest absolute Gasteiger partial charge is 0.438 e. The van der Waals surface area contributed by atoms with Crippen LogP contribution in [0.1, 0.15) is 18.2 Å². The van der Waals surface area contributed by atoms with Crippen LogP contribution in [0, 0.1) is 0 Å². The fraction of sp³-hybridized carbons (Fsp3) is 0.188. The number of rotatable bonds is 3. The van der Waals surface area contributed by atoms with Crippen LogP contribution in [0.25, 0.3) is 11.5 Å². The number of aliphatic hydroxyl groups is 1. The van der Waals surface area contributed by atoms with Gasteiger partial charge in [-0.15, -0.1) is 0 Å². The molecule has 1 N–H and O–H groups in total. The van der Waals surface area contributed by atoms with Crippen molar-refractivity contribution < 1.29 is 9.52 Å². The SMILES string of the molecule is Cn1cc(-c2ncc(C(C)(O)c3ccncc3)o2)ccc1=O. The third kappa shape index (κ3) is 2.44. The molecule has 0 aliphatic rings. The van der Waals surface area contributed by atoms with Crippen LogP contribution >= 0.6 is 0 Å². The van der Waals surface area contributed by atoms with Crippen LogP contribution in [0.15, 0.2) is 58.3 Å². The summed E-state index contributed by atoms with van der Waals surface area (Å²) >= 11 is 0. The van der Waals surface area contributed by atoms with Crippen LogP contribution in [0.3, 0.4) is 0 Å². The first-order valence-electron chi connectivity index (χ1n) is 6.75. The minimum Gasteiger partial charge on any atom is -0.438 e. The lowest BCUT2D eigenvalue weighted by atomic mass is 9.95. The summed E-state index contributed by atoms with van der Waals surface area (Å²) in [5.74, 6) is 0.669. The quantitative estimate of drug-likeness (QED) is 0.795. The van der Waals surface area contributed by atoms with Crippen molar-refractivity contribution in [2.24, 2.45) is 7.05 Å². The molecule has 0 saturated carbocycles. The van der Waals surface area contributed by atoms with E-state index in [0.717, 1.165) is 0 Å². The summed E-state index contributed by atoms with van der Waals surface area (Å²) in [7, 11) is 1.66. The topological polar surface area (TPSA) is 81.2 Å². The summed E-state index contributed by atoms with van der Waals surface area (Å²) < 4.78 is 7.13. The van der Waals surface area contributed by atoms with E-state index in [9.17, 15) is 9.90 Å². The highest BCUT2D eigenvalue weighted by atomic mass is 16.4. The molecule has 3 heterocycles. The zero-order valence-corrected chi connectivity index (χ0v) is 12.2. The first-order valence-corrected chi connectivity index (χ1v) is 6.75. The molecule has 0 aliphatic carbocycles. The van der Waals surface area contributed by atoms with Crippen LogP contribution < -0.4 is 5.56 Å². The molecule has 6 heteroatoms. The monoisotopic (exact) mass is 297 g/mol. The predicted octanol–water partition coefficient (Wildman–Crippen LogP) is 1.69. The summed E-state index contributed by atoms with van der Waals surface area (Å²) in [6, 6.07) is 6.52. The molecule has 3 aromatic heterocycles. The Morgan fingerprint density at radius 3 is 2.64 bits per heavy atom. The fourth-order valence-corrected chi connectivity index (χ4v) is 2.17. The van der Waals surface area contributed by atoms with Gasteiger partial charge in [0.15, 0.2) is 5.76 Å².